The molecule has 0 aliphatic rings. The number of hydrogen-bond acceptors (Lipinski definition) is 4. The summed E-state index contributed by atoms with van der Waals surface area (Å²) >= 11 is 1.43. The molecule has 0 aliphatic carbocycles. The van der Waals surface area contributed by atoms with Crippen molar-refractivity contribution in [1.82, 2.24) is 4.37 Å². The van der Waals surface area contributed by atoms with Crippen LogP contribution in [0.3, 0.4) is 0 Å². The molecule has 4 heteroatoms. The van der Waals surface area contributed by atoms with E-state index in [1.807, 2.05) is 18.2 Å². The Labute approximate surface area is 112 Å². The van der Waals surface area contributed by atoms with Gasteiger partial charge in [-0.3, -0.25) is 0 Å². The molecule has 1 unspecified atom stereocenters. The predicted octanol–water partition coefficient (Wildman–Crippen LogP) is 3.85. The lowest BCUT2D eigenvalue weighted by Crippen LogP contribution is -2.21. The first-order valence-corrected chi connectivity index (χ1v) is 6.94. The third-order valence-electron chi connectivity index (χ3n) is 3.14. The van der Waals surface area contributed by atoms with Crippen molar-refractivity contribution in [3.05, 3.63) is 30.3 Å². The zero-order chi connectivity index (χ0) is 13.1. The minimum absolute atomic E-state index is 0.396. The molecule has 1 aromatic heterocycles. The number of aromatic nitrogens is 1. The van der Waals surface area contributed by atoms with Gasteiger partial charge in [0.25, 0.3) is 0 Å². The Balaban J connectivity index is 2.34. The molecule has 0 spiro atoms. The minimum Gasteiger partial charge on any atom is -0.382 e. The molecule has 2 aromatic rings. The van der Waals surface area contributed by atoms with E-state index in [0.717, 1.165) is 16.1 Å². The van der Waals surface area contributed by atoms with Crippen LogP contribution >= 0.6 is 11.5 Å². The maximum atomic E-state index is 5.98. The van der Waals surface area contributed by atoms with E-state index >= 15 is 0 Å². The van der Waals surface area contributed by atoms with Gasteiger partial charge in [0.05, 0.1) is 5.56 Å². The third kappa shape index (κ3) is 2.64. The molecule has 0 aliphatic heterocycles. The first kappa shape index (κ1) is 12.9. The summed E-state index contributed by atoms with van der Waals surface area (Å²) in [6.07, 6.45) is 0. The zero-order valence-corrected chi connectivity index (χ0v) is 11.8. The molecule has 1 heterocycles. The number of hydrogen-bond donors (Lipinski definition) is 2. The van der Waals surface area contributed by atoms with Crippen LogP contribution in [0.2, 0.25) is 0 Å². The smallest absolute Gasteiger partial charge is 0.147 e. The highest BCUT2D eigenvalue weighted by Crippen LogP contribution is 2.37. The van der Waals surface area contributed by atoms with Gasteiger partial charge in [0, 0.05) is 6.04 Å². The topological polar surface area (TPSA) is 50.9 Å². The summed E-state index contributed by atoms with van der Waals surface area (Å²) < 4.78 is 4.26. The maximum absolute atomic E-state index is 5.98. The van der Waals surface area contributed by atoms with Gasteiger partial charge in [-0.1, -0.05) is 44.2 Å². The first-order valence-electron chi connectivity index (χ1n) is 6.16. The number of anilines is 2. The second kappa shape index (κ2) is 5.40. The van der Waals surface area contributed by atoms with Crippen molar-refractivity contribution >= 4 is 22.4 Å². The van der Waals surface area contributed by atoms with E-state index in [-0.39, 0.29) is 0 Å². The van der Waals surface area contributed by atoms with Gasteiger partial charge in [0.15, 0.2) is 0 Å². The average Bonchev–Trinajstić information content (AvgIpc) is 2.71. The Morgan fingerprint density at radius 1 is 1.17 bits per heavy atom. The largest absolute Gasteiger partial charge is 0.382 e. The molecule has 2 rings (SSSR count). The van der Waals surface area contributed by atoms with Crippen LogP contribution in [0, 0.1) is 5.92 Å². The van der Waals surface area contributed by atoms with Crippen molar-refractivity contribution in [3.63, 3.8) is 0 Å². The lowest BCUT2D eigenvalue weighted by molar-refractivity contribution is 0.561. The van der Waals surface area contributed by atoms with Crippen LogP contribution < -0.4 is 11.1 Å². The van der Waals surface area contributed by atoms with E-state index in [1.54, 1.807) is 0 Å². The molecule has 0 saturated carbocycles. The van der Waals surface area contributed by atoms with Crippen LogP contribution in [0.4, 0.5) is 10.8 Å². The molecule has 0 fully saturated rings. The molecule has 96 valence electrons. The predicted molar refractivity (Wildman–Crippen MR) is 79.9 cm³/mol. The molecule has 0 saturated heterocycles. The van der Waals surface area contributed by atoms with Gasteiger partial charge in [-0.15, -0.1) is 0 Å². The molecule has 3 N–H and O–H groups in total. The monoisotopic (exact) mass is 261 g/mol. The summed E-state index contributed by atoms with van der Waals surface area (Å²) in [6.45, 7) is 6.57. The number of nitrogens with zero attached hydrogens (tertiary/aromatic N) is 1. The van der Waals surface area contributed by atoms with Gasteiger partial charge in [0.1, 0.15) is 10.8 Å². The fourth-order valence-corrected chi connectivity index (χ4v) is 2.49. The van der Waals surface area contributed by atoms with Crippen molar-refractivity contribution in [2.45, 2.75) is 26.8 Å². The normalized spacial score (nSPS) is 12.7. The molecule has 18 heavy (non-hydrogen) atoms. The fraction of sp³-hybridized carbons (Fsp3) is 0.357. The standard InChI is InChI=1S/C14H19N3S/c1-9(2)10(3)16-14-12(13(15)17-18-14)11-7-5-4-6-8-11/h4-10,16H,1-3H3,(H2,15,17). The first-order chi connectivity index (χ1) is 8.59. The van der Waals surface area contributed by atoms with Crippen molar-refractivity contribution < 1.29 is 0 Å². The quantitative estimate of drug-likeness (QED) is 0.879. The minimum atomic E-state index is 0.396. The number of nitrogens with one attached hydrogen (secondary N) is 1. The van der Waals surface area contributed by atoms with Crippen molar-refractivity contribution in [2.24, 2.45) is 5.92 Å². The Bertz CT molecular complexity index is 505. The number of nitrogen functional groups attached to an aromatic ring is 1. The van der Waals surface area contributed by atoms with Gasteiger partial charge in [-0.2, -0.15) is 4.37 Å². The van der Waals surface area contributed by atoms with Crippen molar-refractivity contribution in [2.75, 3.05) is 11.1 Å². The summed E-state index contributed by atoms with van der Waals surface area (Å²) in [5.41, 5.74) is 8.12. The summed E-state index contributed by atoms with van der Waals surface area (Å²) in [4.78, 5) is 0. The number of benzene rings is 1. The number of rotatable bonds is 4. The summed E-state index contributed by atoms with van der Waals surface area (Å²) in [6, 6.07) is 10.6. The van der Waals surface area contributed by atoms with E-state index in [9.17, 15) is 0 Å². The Hall–Kier alpha value is -1.55. The van der Waals surface area contributed by atoms with Crippen LogP contribution in [0.1, 0.15) is 20.8 Å². The van der Waals surface area contributed by atoms with E-state index in [2.05, 4.69) is 42.6 Å². The van der Waals surface area contributed by atoms with Gasteiger partial charge in [-0.25, -0.2) is 0 Å². The van der Waals surface area contributed by atoms with E-state index in [4.69, 9.17) is 5.73 Å². The SMILES string of the molecule is CC(C)C(C)Nc1snc(N)c1-c1ccccc1. The molecule has 0 radical (unpaired) electrons. The summed E-state index contributed by atoms with van der Waals surface area (Å²) in [7, 11) is 0. The molecule has 1 aromatic carbocycles. The summed E-state index contributed by atoms with van der Waals surface area (Å²) in [5, 5.41) is 4.56. The highest BCUT2D eigenvalue weighted by Gasteiger charge is 2.16. The van der Waals surface area contributed by atoms with Gasteiger partial charge in [-0.05, 0) is 29.9 Å². The highest BCUT2D eigenvalue weighted by molar-refractivity contribution is 7.11. The van der Waals surface area contributed by atoms with Gasteiger partial charge in [0.2, 0.25) is 0 Å². The van der Waals surface area contributed by atoms with Crippen LogP contribution in [0.25, 0.3) is 11.1 Å². The lowest BCUT2D eigenvalue weighted by atomic mass is 10.1. The van der Waals surface area contributed by atoms with Crippen LogP contribution in [-0.4, -0.2) is 10.4 Å². The zero-order valence-electron chi connectivity index (χ0n) is 11.0. The summed E-state index contributed by atoms with van der Waals surface area (Å²) in [5.74, 6) is 1.17. The molecular weight excluding hydrogens is 242 g/mol. The molecule has 3 nitrogen and oxygen atoms in total. The lowest BCUT2D eigenvalue weighted by Gasteiger charge is -2.18. The Morgan fingerprint density at radius 2 is 1.83 bits per heavy atom. The molecular formula is C14H19N3S. The van der Waals surface area contributed by atoms with Gasteiger partial charge < -0.3 is 11.1 Å². The van der Waals surface area contributed by atoms with E-state index in [0.29, 0.717) is 17.8 Å². The van der Waals surface area contributed by atoms with E-state index in [1.165, 1.54) is 11.5 Å². The van der Waals surface area contributed by atoms with Crippen LogP contribution in [0.15, 0.2) is 30.3 Å². The molecule has 1 atom stereocenters. The average molecular weight is 261 g/mol. The molecule has 0 amide bonds. The second-order valence-electron chi connectivity index (χ2n) is 4.81. The van der Waals surface area contributed by atoms with Crippen LogP contribution in [-0.2, 0) is 0 Å². The van der Waals surface area contributed by atoms with Crippen molar-refractivity contribution in [1.29, 1.82) is 0 Å². The van der Waals surface area contributed by atoms with Gasteiger partial charge >= 0.3 is 0 Å². The van der Waals surface area contributed by atoms with Crippen molar-refractivity contribution in [3.8, 4) is 11.1 Å². The highest BCUT2D eigenvalue weighted by atomic mass is 32.1. The fourth-order valence-electron chi connectivity index (χ4n) is 1.66. The third-order valence-corrected chi connectivity index (χ3v) is 3.93. The Kier molecular flexibility index (Phi) is 3.87. The maximum Gasteiger partial charge on any atom is 0.147 e. The Morgan fingerprint density at radius 3 is 2.44 bits per heavy atom. The molecule has 0 bridgehead atoms. The van der Waals surface area contributed by atoms with E-state index < -0.39 is 0 Å². The number of nitrogens with two attached hydrogens (primary N) is 1. The second-order valence-corrected chi connectivity index (χ2v) is 5.59. The van der Waals surface area contributed by atoms with Crippen LogP contribution in [0.5, 0.6) is 0 Å².